The normalized spacial score (nSPS) is 10.5. The molecule has 0 aliphatic heterocycles. The summed E-state index contributed by atoms with van der Waals surface area (Å²) in [5, 5.41) is 13.4. The van der Waals surface area contributed by atoms with Gasteiger partial charge in [0.2, 0.25) is 5.91 Å². The van der Waals surface area contributed by atoms with Crippen LogP contribution < -0.4 is 15.2 Å². The molecule has 0 bridgehead atoms. The van der Waals surface area contributed by atoms with Crippen LogP contribution in [-0.2, 0) is 9.59 Å². The topological polar surface area (TPSA) is 91.3 Å². The fraction of sp³-hybridized carbons (Fsp3) is 0.357. The highest BCUT2D eigenvalue weighted by atomic mass is 32.1. The molecule has 21 heavy (non-hydrogen) atoms. The van der Waals surface area contributed by atoms with E-state index in [9.17, 15) is 14.7 Å². The summed E-state index contributed by atoms with van der Waals surface area (Å²) in [6, 6.07) is 5.54. The second kappa shape index (κ2) is 7.03. The molecule has 0 saturated heterocycles. The summed E-state index contributed by atoms with van der Waals surface area (Å²) in [7, 11) is 0. The van der Waals surface area contributed by atoms with Gasteiger partial charge in [-0.3, -0.25) is 4.79 Å². The van der Waals surface area contributed by atoms with Crippen LogP contribution >= 0.6 is 11.3 Å². The number of nitrogens with one attached hydrogen (secondary N) is 1. The van der Waals surface area contributed by atoms with Gasteiger partial charge in [0.05, 0.1) is 16.8 Å². The lowest BCUT2D eigenvalue weighted by atomic mass is 10.2. The van der Waals surface area contributed by atoms with Crippen LogP contribution in [0.2, 0.25) is 0 Å². The summed E-state index contributed by atoms with van der Waals surface area (Å²) in [4.78, 5) is 26.2. The lowest BCUT2D eigenvalue weighted by molar-refractivity contribution is -0.305. The number of benzene rings is 1. The van der Waals surface area contributed by atoms with Crippen LogP contribution in [0.4, 0.5) is 5.13 Å². The van der Waals surface area contributed by atoms with Crippen molar-refractivity contribution < 1.29 is 19.4 Å². The standard InChI is InChI=1S/C14H16N2O4S/c1-2-20-9-6-7-10-11(8-9)21-14(15-10)16-12(17)4-3-5-13(18)19/h6-8H,2-5H2,1H3,(H,18,19)(H,15,16,17)/p-1. The Balaban J connectivity index is 1.98. The largest absolute Gasteiger partial charge is 0.550 e. The van der Waals surface area contributed by atoms with Gasteiger partial charge in [-0.2, -0.15) is 0 Å². The number of aromatic nitrogens is 1. The molecule has 0 fully saturated rings. The summed E-state index contributed by atoms with van der Waals surface area (Å²) in [5.74, 6) is -0.632. The number of aliphatic carboxylic acids is 1. The third kappa shape index (κ3) is 4.42. The second-order valence-corrected chi connectivity index (χ2v) is 5.39. The van der Waals surface area contributed by atoms with Crippen LogP contribution in [0.1, 0.15) is 26.2 Å². The predicted octanol–water partition coefficient (Wildman–Crippen LogP) is 1.55. The molecule has 2 rings (SSSR count). The predicted molar refractivity (Wildman–Crippen MR) is 78.3 cm³/mol. The van der Waals surface area contributed by atoms with Gasteiger partial charge < -0.3 is 20.0 Å². The summed E-state index contributed by atoms with van der Waals surface area (Å²) >= 11 is 1.35. The zero-order valence-electron chi connectivity index (χ0n) is 11.5. The van der Waals surface area contributed by atoms with Crippen molar-refractivity contribution in [2.75, 3.05) is 11.9 Å². The molecule has 2 aromatic rings. The van der Waals surface area contributed by atoms with Crippen LogP contribution in [0.25, 0.3) is 10.2 Å². The van der Waals surface area contributed by atoms with E-state index in [0.717, 1.165) is 16.0 Å². The number of fused-ring (bicyclic) bond motifs is 1. The van der Waals surface area contributed by atoms with E-state index in [-0.39, 0.29) is 25.2 Å². The van der Waals surface area contributed by atoms with Crippen LogP contribution in [0, 0.1) is 0 Å². The van der Waals surface area contributed by atoms with Crippen LogP contribution in [0.5, 0.6) is 5.75 Å². The number of thiazole rings is 1. The molecule has 1 amide bonds. The molecule has 0 aliphatic rings. The van der Waals surface area contributed by atoms with Gasteiger partial charge >= 0.3 is 0 Å². The Morgan fingerprint density at radius 3 is 2.90 bits per heavy atom. The van der Waals surface area contributed by atoms with E-state index in [4.69, 9.17) is 4.74 Å². The molecule has 1 N–H and O–H groups in total. The Bertz CT molecular complexity index is 653. The molecule has 1 aromatic heterocycles. The Morgan fingerprint density at radius 2 is 2.19 bits per heavy atom. The van der Waals surface area contributed by atoms with E-state index in [0.29, 0.717) is 11.7 Å². The molecule has 6 nitrogen and oxygen atoms in total. The minimum absolute atomic E-state index is 0.120. The maximum absolute atomic E-state index is 11.7. The second-order valence-electron chi connectivity index (χ2n) is 4.36. The monoisotopic (exact) mass is 307 g/mol. The number of hydrogen-bond donors (Lipinski definition) is 1. The maximum atomic E-state index is 11.7. The van der Waals surface area contributed by atoms with E-state index in [2.05, 4.69) is 10.3 Å². The average molecular weight is 307 g/mol. The first-order valence-electron chi connectivity index (χ1n) is 6.61. The SMILES string of the molecule is CCOc1ccc2nc(NC(=O)CCCC(=O)[O-])sc2c1. The maximum Gasteiger partial charge on any atom is 0.226 e. The van der Waals surface area contributed by atoms with Crippen molar-refractivity contribution in [3.8, 4) is 5.75 Å². The Morgan fingerprint density at radius 1 is 1.38 bits per heavy atom. The highest BCUT2D eigenvalue weighted by Crippen LogP contribution is 2.29. The fourth-order valence-electron chi connectivity index (χ4n) is 1.79. The zero-order chi connectivity index (χ0) is 15.2. The number of ether oxygens (including phenoxy) is 1. The van der Waals surface area contributed by atoms with Gasteiger partial charge in [0.25, 0.3) is 0 Å². The minimum atomic E-state index is -1.15. The molecule has 0 atom stereocenters. The van der Waals surface area contributed by atoms with Crippen molar-refractivity contribution in [1.29, 1.82) is 0 Å². The lowest BCUT2D eigenvalue weighted by Crippen LogP contribution is -2.22. The average Bonchev–Trinajstić information content (AvgIpc) is 2.80. The summed E-state index contributed by atoms with van der Waals surface area (Å²) in [5.41, 5.74) is 0.786. The third-order valence-corrected chi connectivity index (χ3v) is 3.64. The molecular formula is C14H15N2O4S-. The van der Waals surface area contributed by atoms with Gasteiger partial charge in [0.1, 0.15) is 5.75 Å². The van der Waals surface area contributed by atoms with E-state index < -0.39 is 5.97 Å². The van der Waals surface area contributed by atoms with Crippen molar-refractivity contribution >= 4 is 38.6 Å². The van der Waals surface area contributed by atoms with Crippen molar-refractivity contribution in [2.24, 2.45) is 0 Å². The van der Waals surface area contributed by atoms with E-state index in [1.54, 1.807) is 0 Å². The molecule has 0 radical (unpaired) electrons. The Hall–Kier alpha value is -2.15. The molecule has 1 aromatic carbocycles. The number of nitrogens with zero attached hydrogens (tertiary/aromatic N) is 1. The van der Waals surface area contributed by atoms with Crippen LogP contribution in [0.3, 0.4) is 0 Å². The van der Waals surface area contributed by atoms with Gasteiger partial charge in [-0.05, 0) is 38.0 Å². The minimum Gasteiger partial charge on any atom is -0.550 e. The number of rotatable bonds is 7. The lowest BCUT2D eigenvalue weighted by Gasteiger charge is -2.02. The first-order chi connectivity index (χ1) is 10.1. The molecule has 0 saturated carbocycles. The fourth-order valence-corrected chi connectivity index (χ4v) is 2.70. The van der Waals surface area contributed by atoms with Crippen molar-refractivity contribution in [2.45, 2.75) is 26.2 Å². The van der Waals surface area contributed by atoms with Crippen molar-refractivity contribution in [3.05, 3.63) is 18.2 Å². The number of carbonyl (C=O) groups is 2. The molecule has 7 heteroatoms. The number of carboxylic acid groups (broad SMARTS) is 1. The van der Waals surface area contributed by atoms with Gasteiger partial charge in [-0.1, -0.05) is 11.3 Å². The number of amides is 1. The van der Waals surface area contributed by atoms with E-state index >= 15 is 0 Å². The summed E-state index contributed by atoms with van der Waals surface area (Å²) < 4.78 is 6.33. The number of carboxylic acids is 1. The number of carbonyl (C=O) groups excluding carboxylic acids is 2. The Kier molecular flexibility index (Phi) is 5.10. The molecule has 1 heterocycles. The van der Waals surface area contributed by atoms with Crippen molar-refractivity contribution in [3.63, 3.8) is 0 Å². The van der Waals surface area contributed by atoms with E-state index in [1.807, 2.05) is 25.1 Å². The van der Waals surface area contributed by atoms with E-state index in [1.165, 1.54) is 11.3 Å². The molecule has 0 unspecified atom stereocenters. The molecule has 112 valence electrons. The third-order valence-electron chi connectivity index (χ3n) is 2.70. The van der Waals surface area contributed by atoms with Crippen LogP contribution in [-0.4, -0.2) is 23.5 Å². The zero-order valence-corrected chi connectivity index (χ0v) is 12.4. The van der Waals surface area contributed by atoms with Gasteiger partial charge in [0, 0.05) is 12.4 Å². The highest BCUT2D eigenvalue weighted by molar-refractivity contribution is 7.22. The van der Waals surface area contributed by atoms with Crippen molar-refractivity contribution in [1.82, 2.24) is 4.98 Å². The molecule has 0 spiro atoms. The van der Waals surface area contributed by atoms with Gasteiger partial charge in [-0.15, -0.1) is 0 Å². The first kappa shape index (κ1) is 15.2. The van der Waals surface area contributed by atoms with Gasteiger partial charge in [0.15, 0.2) is 5.13 Å². The molecular weight excluding hydrogens is 292 g/mol. The number of anilines is 1. The first-order valence-corrected chi connectivity index (χ1v) is 7.43. The summed E-state index contributed by atoms with van der Waals surface area (Å²) in [6.07, 6.45) is 0.270. The molecule has 0 aliphatic carbocycles. The van der Waals surface area contributed by atoms with Gasteiger partial charge in [-0.25, -0.2) is 4.98 Å². The quantitative estimate of drug-likeness (QED) is 0.838. The number of hydrogen-bond acceptors (Lipinski definition) is 6. The smallest absolute Gasteiger partial charge is 0.226 e. The van der Waals surface area contributed by atoms with Crippen LogP contribution in [0.15, 0.2) is 18.2 Å². The Labute approximate surface area is 125 Å². The summed E-state index contributed by atoms with van der Waals surface area (Å²) in [6.45, 7) is 2.50. The highest BCUT2D eigenvalue weighted by Gasteiger charge is 2.08.